The first-order valence-corrected chi connectivity index (χ1v) is 6.07. The van der Waals surface area contributed by atoms with Crippen LogP contribution in [0, 0.1) is 13.8 Å². The molecule has 0 fully saturated rings. The van der Waals surface area contributed by atoms with Gasteiger partial charge in [-0.2, -0.15) is 4.98 Å². The van der Waals surface area contributed by atoms with Gasteiger partial charge in [0, 0.05) is 17.5 Å². The molecule has 0 aliphatic heterocycles. The van der Waals surface area contributed by atoms with Crippen molar-refractivity contribution in [1.82, 2.24) is 19.9 Å². The van der Waals surface area contributed by atoms with Gasteiger partial charge in [0.2, 0.25) is 11.8 Å². The van der Waals surface area contributed by atoms with Gasteiger partial charge in [0.15, 0.2) is 5.16 Å². The fourth-order valence-electron chi connectivity index (χ4n) is 1.41. The fraction of sp³-hybridized carbons (Fsp3) is 0.273. The molecular weight excluding hydrogens is 250 g/mol. The zero-order chi connectivity index (χ0) is 13.1. The lowest BCUT2D eigenvalue weighted by Crippen LogP contribution is -1.99. The van der Waals surface area contributed by atoms with Crippen LogP contribution in [0.3, 0.4) is 0 Å². The average molecular weight is 263 g/mol. The van der Waals surface area contributed by atoms with Crippen molar-refractivity contribution in [2.45, 2.75) is 24.0 Å². The van der Waals surface area contributed by atoms with E-state index in [0.717, 1.165) is 11.4 Å². The smallest absolute Gasteiger partial charge is 0.224 e. The highest BCUT2D eigenvalue weighted by Crippen LogP contribution is 2.26. The van der Waals surface area contributed by atoms with Gasteiger partial charge in [-0.15, -0.1) is 0 Å². The summed E-state index contributed by atoms with van der Waals surface area (Å²) in [5.74, 6) is 0.593. The van der Waals surface area contributed by atoms with Gasteiger partial charge < -0.3 is 10.5 Å². The van der Waals surface area contributed by atoms with E-state index in [1.54, 1.807) is 6.07 Å². The summed E-state index contributed by atoms with van der Waals surface area (Å²) in [6, 6.07) is 3.61. The monoisotopic (exact) mass is 263 g/mol. The number of methoxy groups -OCH3 is 1. The topological polar surface area (TPSA) is 86.8 Å². The third kappa shape index (κ3) is 3.07. The van der Waals surface area contributed by atoms with E-state index in [2.05, 4.69) is 19.9 Å². The quantitative estimate of drug-likeness (QED) is 0.665. The predicted molar refractivity (Wildman–Crippen MR) is 68.6 cm³/mol. The number of anilines is 1. The molecule has 0 spiro atoms. The Labute approximate surface area is 109 Å². The standard InChI is InChI=1S/C11H13N5OS/c1-6-4-7(2)14-11(13-6)18-9-5-8(17-3)15-10(12)16-9/h4-5H,1-3H3,(H2,12,15,16). The molecule has 7 heteroatoms. The first-order chi connectivity index (χ1) is 8.56. The second kappa shape index (κ2) is 5.18. The second-order valence-corrected chi connectivity index (χ2v) is 4.63. The van der Waals surface area contributed by atoms with Crippen molar-refractivity contribution in [3.05, 3.63) is 23.5 Å². The molecule has 0 aromatic carbocycles. The van der Waals surface area contributed by atoms with Crippen molar-refractivity contribution >= 4 is 17.7 Å². The predicted octanol–water partition coefficient (Wildman–Crippen LogP) is 1.63. The second-order valence-electron chi connectivity index (χ2n) is 3.64. The first-order valence-electron chi connectivity index (χ1n) is 5.25. The van der Waals surface area contributed by atoms with Crippen LogP contribution in [0.2, 0.25) is 0 Å². The molecular formula is C11H13N5OS. The van der Waals surface area contributed by atoms with E-state index in [1.807, 2.05) is 19.9 Å². The van der Waals surface area contributed by atoms with Crippen molar-refractivity contribution in [2.75, 3.05) is 12.8 Å². The minimum absolute atomic E-state index is 0.168. The highest BCUT2D eigenvalue weighted by molar-refractivity contribution is 7.99. The molecule has 0 radical (unpaired) electrons. The van der Waals surface area contributed by atoms with Crippen LogP contribution in [-0.4, -0.2) is 27.0 Å². The van der Waals surface area contributed by atoms with Crippen molar-refractivity contribution in [3.63, 3.8) is 0 Å². The van der Waals surface area contributed by atoms with Crippen molar-refractivity contribution in [1.29, 1.82) is 0 Å². The molecule has 0 saturated heterocycles. The zero-order valence-corrected chi connectivity index (χ0v) is 11.2. The average Bonchev–Trinajstić information content (AvgIpc) is 2.26. The third-order valence-corrected chi connectivity index (χ3v) is 2.85. The molecule has 18 heavy (non-hydrogen) atoms. The number of aryl methyl sites for hydroxylation is 2. The summed E-state index contributed by atoms with van der Waals surface area (Å²) in [5, 5.41) is 1.29. The number of hydrogen-bond acceptors (Lipinski definition) is 7. The van der Waals surface area contributed by atoms with E-state index < -0.39 is 0 Å². The molecule has 0 bridgehead atoms. The Balaban J connectivity index is 2.30. The van der Waals surface area contributed by atoms with Crippen molar-refractivity contribution in [3.8, 4) is 5.88 Å². The summed E-state index contributed by atoms with van der Waals surface area (Å²) in [4.78, 5) is 16.7. The molecule has 2 heterocycles. The van der Waals surface area contributed by atoms with Gasteiger partial charge in [0.25, 0.3) is 0 Å². The van der Waals surface area contributed by atoms with Crippen LogP contribution in [0.5, 0.6) is 5.88 Å². The molecule has 6 nitrogen and oxygen atoms in total. The Morgan fingerprint density at radius 2 is 1.72 bits per heavy atom. The van der Waals surface area contributed by atoms with Crippen molar-refractivity contribution < 1.29 is 4.74 Å². The molecule has 2 aromatic rings. The molecule has 2 N–H and O–H groups in total. The molecule has 0 saturated carbocycles. The van der Waals surface area contributed by atoms with Crippen LogP contribution in [-0.2, 0) is 0 Å². The van der Waals surface area contributed by atoms with Crippen LogP contribution >= 0.6 is 11.8 Å². The van der Waals surface area contributed by atoms with Gasteiger partial charge >= 0.3 is 0 Å². The lowest BCUT2D eigenvalue weighted by Gasteiger charge is -2.04. The highest BCUT2D eigenvalue weighted by atomic mass is 32.2. The Bertz CT molecular complexity index is 555. The number of rotatable bonds is 3. The van der Waals surface area contributed by atoms with E-state index in [0.29, 0.717) is 16.1 Å². The van der Waals surface area contributed by atoms with E-state index in [4.69, 9.17) is 10.5 Å². The highest BCUT2D eigenvalue weighted by Gasteiger charge is 2.07. The van der Waals surface area contributed by atoms with Crippen LogP contribution < -0.4 is 10.5 Å². The summed E-state index contributed by atoms with van der Waals surface area (Å²) in [6.45, 7) is 3.85. The summed E-state index contributed by atoms with van der Waals surface area (Å²) in [6.07, 6.45) is 0. The summed E-state index contributed by atoms with van der Waals surface area (Å²) in [7, 11) is 1.53. The van der Waals surface area contributed by atoms with Crippen LogP contribution in [0.4, 0.5) is 5.95 Å². The molecule has 2 aromatic heterocycles. The maximum Gasteiger partial charge on any atom is 0.224 e. The number of aromatic nitrogens is 4. The van der Waals surface area contributed by atoms with Gasteiger partial charge in [0.05, 0.1) is 7.11 Å². The summed E-state index contributed by atoms with van der Waals surface area (Å²) >= 11 is 1.33. The number of nitrogens with two attached hydrogens (primary N) is 1. The van der Waals surface area contributed by atoms with Crippen LogP contribution in [0.15, 0.2) is 22.3 Å². The Morgan fingerprint density at radius 1 is 1.06 bits per heavy atom. The summed E-state index contributed by atoms with van der Waals surface area (Å²) in [5.41, 5.74) is 7.42. The number of nitrogens with zero attached hydrogens (tertiary/aromatic N) is 4. The van der Waals surface area contributed by atoms with E-state index in [-0.39, 0.29) is 5.95 Å². The minimum atomic E-state index is 0.168. The van der Waals surface area contributed by atoms with E-state index in [9.17, 15) is 0 Å². The fourth-order valence-corrected chi connectivity index (χ4v) is 2.28. The molecule has 2 rings (SSSR count). The Kier molecular flexibility index (Phi) is 3.61. The van der Waals surface area contributed by atoms with Crippen molar-refractivity contribution in [2.24, 2.45) is 0 Å². The largest absolute Gasteiger partial charge is 0.481 e. The molecule has 94 valence electrons. The lowest BCUT2D eigenvalue weighted by atomic mass is 10.4. The van der Waals surface area contributed by atoms with Crippen LogP contribution in [0.25, 0.3) is 0 Å². The lowest BCUT2D eigenvalue weighted by molar-refractivity contribution is 0.396. The normalized spacial score (nSPS) is 10.4. The van der Waals surface area contributed by atoms with Gasteiger partial charge in [-0.25, -0.2) is 15.0 Å². The van der Waals surface area contributed by atoms with Gasteiger partial charge in [-0.05, 0) is 31.7 Å². The molecule has 0 atom stereocenters. The van der Waals surface area contributed by atoms with E-state index >= 15 is 0 Å². The molecule has 0 amide bonds. The Morgan fingerprint density at radius 3 is 2.33 bits per heavy atom. The summed E-state index contributed by atoms with van der Waals surface area (Å²) < 4.78 is 5.04. The Hall–Kier alpha value is -1.89. The van der Waals surface area contributed by atoms with E-state index in [1.165, 1.54) is 18.9 Å². The zero-order valence-electron chi connectivity index (χ0n) is 10.3. The van der Waals surface area contributed by atoms with Gasteiger partial charge in [0.1, 0.15) is 5.03 Å². The first kappa shape index (κ1) is 12.6. The van der Waals surface area contributed by atoms with Gasteiger partial charge in [-0.3, -0.25) is 0 Å². The maximum absolute atomic E-state index is 5.59. The molecule has 0 aliphatic carbocycles. The van der Waals surface area contributed by atoms with Crippen LogP contribution in [0.1, 0.15) is 11.4 Å². The van der Waals surface area contributed by atoms with Gasteiger partial charge in [-0.1, -0.05) is 0 Å². The molecule has 0 unspecified atom stereocenters. The third-order valence-electron chi connectivity index (χ3n) is 2.06. The SMILES string of the molecule is COc1cc(Sc2nc(C)cc(C)n2)nc(N)n1. The number of nitrogen functional groups attached to an aromatic ring is 1. The number of ether oxygens (including phenoxy) is 1. The minimum Gasteiger partial charge on any atom is -0.481 e. The molecule has 0 aliphatic rings. The number of hydrogen-bond donors (Lipinski definition) is 1. The maximum atomic E-state index is 5.59.